The van der Waals surface area contributed by atoms with Crippen molar-refractivity contribution in [1.29, 1.82) is 0 Å². The van der Waals surface area contributed by atoms with Gasteiger partial charge in [-0.25, -0.2) is 4.68 Å². The highest BCUT2D eigenvalue weighted by Gasteiger charge is 2.22. The minimum Gasteiger partial charge on any atom is -0.496 e. The van der Waals surface area contributed by atoms with Gasteiger partial charge in [-0.15, -0.1) is 5.10 Å². The van der Waals surface area contributed by atoms with Gasteiger partial charge >= 0.3 is 0 Å². The van der Waals surface area contributed by atoms with Crippen LogP contribution in [0.4, 0.5) is 11.4 Å². The summed E-state index contributed by atoms with van der Waals surface area (Å²) in [4.78, 5) is 22.8. The first-order valence-corrected chi connectivity index (χ1v) is 9.10. The number of benzene rings is 1. The first-order chi connectivity index (χ1) is 12.6. The van der Waals surface area contributed by atoms with Crippen LogP contribution in [0.2, 0.25) is 0 Å². The molecule has 1 N–H and O–H groups in total. The second-order valence-electron chi connectivity index (χ2n) is 5.82. The fourth-order valence-corrected chi connectivity index (χ4v) is 3.61. The van der Waals surface area contributed by atoms with Gasteiger partial charge in [-0.1, -0.05) is 24.6 Å². The Morgan fingerprint density at radius 2 is 2.23 bits per heavy atom. The van der Waals surface area contributed by atoms with Gasteiger partial charge in [0, 0.05) is 0 Å². The van der Waals surface area contributed by atoms with Crippen LogP contribution in [0.1, 0.15) is 31.7 Å². The van der Waals surface area contributed by atoms with Crippen molar-refractivity contribution >= 4 is 29.0 Å². The van der Waals surface area contributed by atoms with Gasteiger partial charge in [0.05, 0.1) is 29.9 Å². The lowest BCUT2D eigenvalue weighted by molar-refractivity contribution is -0.384. The zero-order valence-electron chi connectivity index (χ0n) is 14.1. The average Bonchev–Trinajstić information content (AvgIpc) is 3.31. The molecule has 0 atom stereocenters. The molecule has 0 aliphatic heterocycles. The molecule has 0 saturated heterocycles. The second kappa shape index (κ2) is 8.13. The molecule has 1 heterocycles. The summed E-state index contributed by atoms with van der Waals surface area (Å²) in [5.74, 6) is 0.0278. The number of aromatic nitrogens is 4. The van der Waals surface area contributed by atoms with Crippen molar-refractivity contribution in [2.75, 3.05) is 18.2 Å². The maximum atomic E-state index is 12.2. The van der Waals surface area contributed by atoms with Gasteiger partial charge in [0.25, 0.3) is 5.69 Å². The minimum atomic E-state index is -0.564. The molecule has 1 fully saturated rings. The summed E-state index contributed by atoms with van der Waals surface area (Å²) in [5, 5.41) is 26.0. The highest BCUT2D eigenvalue weighted by atomic mass is 32.2. The number of nitro groups is 1. The van der Waals surface area contributed by atoms with Gasteiger partial charge in [0.15, 0.2) is 0 Å². The molecule has 1 aromatic heterocycles. The van der Waals surface area contributed by atoms with E-state index in [4.69, 9.17) is 4.74 Å². The van der Waals surface area contributed by atoms with Gasteiger partial charge < -0.3 is 10.1 Å². The second-order valence-corrected chi connectivity index (χ2v) is 6.76. The lowest BCUT2D eigenvalue weighted by Crippen LogP contribution is -2.16. The third-order valence-electron chi connectivity index (χ3n) is 4.14. The Kier molecular flexibility index (Phi) is 5.66. The van der Waals surface area contributed by atoms with Crippen LogP contribution in [0.25, 0.3) is 0 Å². The Balaban J connectivity index is 1.63. The molecule has 0 unspecified atom stereocenters. The molecule has 2 aromatic rings. The number of anilines is 1. The van der Waals surface area contributed by atoms with Crippen LogP contribution in [0.3, 0.4) is 0 Å². The zero-order valence-corrected chi connectivity index (χ0v) is 14.9. The van der Waals surface area contributed by atoms with Crippen molar-refractivity contribution in [3.8, 4) is 5.75 Å². The number of ether oxygens (including phenoxy) is 1. The fourth-order valence-electron chi connectivity index (χ4n) is 2.87. The number of nitrogens with zero attached hydrogens (tertiary/aromatic N) is 5. The number of thioether (sulfide) groups is 1. The number of carbonyl (C=O) groups excluding carboxylic acids is 1. The van der Waals surface area contributed by atoms with Crippen molar-refractivity contribution < 1.29 is 14.5 Å². The third kappa shape index (κ3) is 4.10. The molecule has 138 valence electrons. The summed E-state index contributed by atoms with van der Waals surface area (Å²) >= 11 is 1.21. The van der Waals surface area contributed by atoms with Gasteiger partial charge in [-0.05, 0) is 35.4 Å². The Morgan fingerprint density at radius 1 is 1.46 bits per heavy atom. The van der Waals surface area contributed by atoms with E-state index in [1.165, 1.54) is 31.0 Å². The Bertz CT molecular complexity index is 805. The number of hydrogen-bond acceptors (Lipinski definition) is 8. The Morgan fingerprint density at radius 3 is 2.92 bits per heavy atom. The van der Waals surface area contributed by atoms with Crippen molar-refractivity contribution in [2.24, 2.45) is 0 Å². The molecule has 1 saturated carbocycles. The van der Waals surface area contributed by atoms with E-state index in [1.54, 1.807) is 10.7 Å². The fraction of sp³-hybridized carbons (Fsp3) is 0.467. The number of nitrogens with one attached hydrogen (secondary N) is 1. The number of hydrogen-bond donors (Lipinski definition) is 1. The molecule has 1 aliphatic carbocycles. The molecule has 0 radical (unpaired) electrons. The van der Waals surface area contributed by atoms with Crippen molar-refractivity contribution in [1.82, 2.24) is 20.2 Å². The van der Waals surface area contributed by atoms with Gasteiger partial charge in [-0.2, -0.15) is 0 Å². The van der Waals surface area contributed by atoms with E-state index in [9.17, 15) is 14.9 Å². The number of carbonyl (C=O) groups is 1. The maximum Gasteiger partial charge on any atom is 0.296 e. The summed E-state index contributed by atoms with van der Waals surface area (Å²) in [6.07, 6.45) is 4.36. The molecular weight excluding hydrogens is 360 g/mol. The summed E-state index contributed by atoms with van der Waals surface area (Å²) < 4.78 is 6.74. The smallest absolute Gasteiger partial charge is 0.296 e. The van der Waals surface area contributed by atoms with E-state index in [2.05, 4.69) is 20.8 Å². The number of rotatable bonds is 7. The summed E-state index contributed by atoms with van der Waals surface area (Å²) in [6, 6.07) is 4.54. The molecular formula is C15H18N6O4S. The molecule has 26 heavy (non-hydrogen) atoms. The normalized spacial score (nSPS) is 14.3. The average molecular weight is 378 g/mol. The molecule has 11 heteroatoms. The van der Waals surface area contributed by atoms with E-state index in [0.29, 0.717) is 10.9 Å². The molecule has 10 nitrogen and oxygen atoms in total. The minimum absolute atomic E-state index is 0.0519. The van der Waals surface area contributed by atoms with Gasteiger partial charge in [-0.3, -0.25) is 14.9 Å². The van der Waals surface area contributed by atoms with Crippen LogP contribution in [-0.2, 0) is 4.79 Å². The van der Waals surface area contributed by atoms with E-state index < -0.39 is 4.92 Å². The maximum absolute atomic E-state index is 12.2. The topological polar surface area (TPSA) is 125 Å². The summed E-state index contributed by atoms with van der Waals surface area (Å²) in [5.41, 5.74) is -0.102. The third-order valence-corrected chi connectivity index (χ3v) is 5.07. The number of tetrazole rings is 1. The lowest BCUT2D eigenvalue weighted by atomic mass is 10.2. The van der Waals surface area contributed by atoms with Gasteiger partial charge in [0.2, 0.25) is 11.1 Å². The van der Waals surface area contributed by atoms with Crippen molar-refractivity contribution in [3.63, 3.8) is 0 Å². The number of nitro benzene ring substituents is 1. The number of amides is 1. The van der Waals surface area contributed by atoms with E-state index in [0.717, 1.165) is 25.7 Å². The molecule has 0 bridgehead atoms. The van der Waals surface area contributed by atoms with E-state index in [1.807, 2.05) is 0 Å². The van der Waals surface area contributed by atoms with Crippen LogP contribution in [0.5, 0.6) is 5.75 Å². The standard InChI is InChI=1S/C15H18N6O4S/c1-25-11-6-7-12(13(8-11)21(23)24)16-14(22)9-26-15-17-18-19-20(15)10-4-2-3-5-10/h6-8,10H,2-5,9H2,1H3,(H,16,22). The van der Waals surface area contributed by atoms with Crippen LogP contribution in [-0.4, -0.2) is 43.9 Å². The Labute approximate surface area is 153 Å². The highest BCUT2D eigenvalue weighted by molar-refractivity contribution is 7.99. The number of methoxy groups -OCH3 is 1. The monoisotopic (exact) mass is 378 g/mol. The van der Waals surface area contributed by atoms with E-state index in [-0.39, 0.29) is 29.1 Å². The lowest BCUT2D eigenvalue weighted by Gasteiger charge is -2.11. The predicted octanol–water partition coefficient (Wildman–Crippen LogP) is 2.44. The zero-order chi connectivity index (χ0) is 18.5. The van der Waals surface area contributed by atoms with Crippen molar-refractivity contribution in [3.05, 3.63) is 28.3 Å². The van der Waals surface area contributed by atoms with Crippen LogP contribution in [0, 0.1) is 10.1 Å². The first-order valence-electron chi connectivity index (χ1n) is 8.11. The largest absolute Gasteiger partial charge is 0.496 e. The Hall–Kier alpha value is -2.69. The van der Waals surface area contributed by atoms with Gasteiger partial charge in [0.1, 0.15) is 11.4 Å². The van der Waals surface area contributed by atoms with Crippen LogP contribution in [0.15, 0.2) is 23.4 Å². The molecule has 1 amide bonds. The van der Waals surface area contributed by atoms with Crippen molar-refractivity contribution in [2.45, 2.75) is 36.9 Å². The molecule has 0 spiro atoms. The molecule has 1 aliphatic rings. The predicted molar refractivity (Wildman–Crippen MR) is 94.3 cm³/mol. The quantitative estimate of drug-likeness (QED) is 0.442. The van der Waals surface area contributed by atoms with E-state index >= 15 is 0 Å². The summed E-state index contributed by atoms with van der Waals surface area (Å²) in [7, 11) is 1.42. The SMILES string of the molecule is COc1ccc(NC(=O)CSc2nnnn2C2CCCC2)c([N+](=O)[O-])c1. The molecule has 3 rings (SSSR count). The molecule has 1 aromatic carbocycles. The summed E-state index contributed by atoms with van der Waals surface area (Å²) in [6.45, 7) is 0. The van der Waals surface area contributed by atoms with Crippen LogP contribution >= 0.6 is 11.8 Å². The highest BCUT2D eigenvalue weighted by Crippen LogP contribution is 2.32. The first kappa shape index (κ1) is 18.1. The van der Waals surface area contributed by atoms with Crippen LogP contribution < -0.4 is 10.1 Å².